The Morgan fingerprint density at radius 3 is 2.74 bits per heavy atom. The van der Waals surface area contributed by atoms with Crippen LogP contribution >= 0.6 is 0 Å². The molecule has 0 bridgehead atoms. The number of sulfone groups is 1. The lowest BCUT2D eigenvalue weighted by Crippen LogP contribution is -2.33. The molecule has 1 aromatic rings. The van der Waals surface area contributed by atoms with E-state index in [0.29, 0.717) is 17.9 Å². The Labute approximate surface area is 114 Å². The van der Waals surface area contributed by atoms with E-state index in [9.17, 15) is 8.42 Å². The summed E-state index contributed by atoms with van der Waals surface area (Å²) in [5.74, 6) is 0.666. The summed E-state index contributed by atoms with van der Waals surface area (Å²) in [5, 5.41) is -0.280. The lowest BCUT2D eigenvalue weighted by atomic mass is 9.97. The van der Waals surface area contributed by atoms with Crippen molar-refractivity contribution in [1.82, 2.24) is 0 Å². The minimum Gasteiger partial charge on any atom is -0.488 e. The summed E-state index contributed by atoms with van der Waals surface area (Å²) >= 11 is 0. The van der Waals surface area contributed by atoms with Gasteiger partial charge in [-0.15, -0.1) is 0 Å². The van der Waals surface area contributed by atoms with Crippen LogP contribution in [0.1, 0.15) is 31.2 Å². The summed E-state index contributed by atoms with van der Waals surface area (Å²) in [6.45, 7) is 1.93. The van der Waals surface area contributed by atoms with Crippen LogP contribution in [0.25, 0.3) is 0 Å². The van der Waals surface area contributed by atoms with Crippen molar-refractivity contribution >= 4 is 15.5 Å². The number of nitrogens with two attached hydrogens (primary N) is 1. The molecule has 1 aromatic carbocycles. The molecule has 0 amide bonds. The lowest BCUT2D eigenvalue weighted by molar-refractivity contribution is 0.157. The molecule has 5 heteroatoms. The maximum atomic E-state index is 11.6. The SMILES string of the molecule is Cc1cccc(OC2CCCC(S(C)(=O)=O)C2)c1N. The summed E-state index contributed by atoms with van der Waals surface area (Å²) in [6.07, 6.45) is 4.32. The molecule has 0 radical (unpaired) electrons. The maximum Gasteiger partial charge on any atom is 0.150 e. The van der Waals surface area contributed by atoms with Crippen molar-refractivity contribution in [2.24, 2.45) is 0 Å². The van der Waals surface area contributed by atoms with E-state index in [1.807, 2.05) is 25.1 Å². The van der Waals surface area contributed by atoms with Crippen LogP contribution in [-0.2, 0) is 9.84 Å². The minimum absolute atomic E-state index is 0.0578. The molecule has 0 heterocycles. The van der Waals surface area contributed by atoms with Gasteiger partial charge in [0, 0.05) is 12.7 Å². The van der Waals surface area contributed by atoms with Crippen LogP contribution < -0.4 is 10.5 Å². The van der Waals surface area contributed by atoms with E-state index < -0.39 is 9.84 Å². The first kappa shape index (κ1) is 14.2. The molecule has 0 aliphatic heterocycles. The average molecular weight is 283 g/mol. The number of hydrogen-bond donors (Lipinski definition) is 1. The van der Waals surface area contributed by atoms with Crippen molar-refractivity contribution in [2.75, 3.05) is 12.0 Å². The molecule has 0 aromatic heterocycles. The van der Waals surface area contributed by atoms with Crippen molar-refractivity contribution < 1.29 is 13.2 Å². The first-order valence-corrected chi connectivity index (χ1v) is 8.54. The Balaban J connectivity index is 2.09. The highest BCUT2D eigenvalue weighted by Gasteiger charge is 2.30. The van der Waals surface area contributed by atoms with E-state index in [-0.39, 0.29) is 11.4 Å². The van der Waals surface area contributed by atoms with E-state index >= 15 is 0 Å². The average Bonchev–Trinajstić information content (AvgIpc) is 2.34. The molecule has 2 N–H and O–H groups in total. The second kappa shape index (κ2) is 5.41. The minimum atomic E-state index is -2.98. The van der Waals surface area contributed by atoms with Gasteiger partial charge < -0.3 is 10.5 Å². The second-order valence-corrected chi connectivity index (χ2v) is 7.67. The third-order valence-electron chi connectivity index (χ3n) is 3.76. The highest BCUT2D eigenvalue weighted by Crippen LogP contribution is 2.31. The Morgan fingerprint density at radius 2 is 2.05 bits per heavy atom. The van der Waals surface area contributed by atoms with Gasteiger partial charge in [0.1, 0.15) is 21.7 Å². The molecule has 106 valence electrons. The summed E-state index contributed by atoms with van der Waals surface area (Å²) < 4.78 is 29.2. The zero-order chi connectivity index (χ0) is 14.0. The molecule has 0 saturated heterocycles. The quantitative estimate of drug-likeness (QED) is 0.864. The summed E-state index contributed by atoms with van der Waals surface area (Å²) in [7, 11) is -2.98. The van der Waals surface area contributed by atoms with Crippen LogP contribution in [0.4, 0.5) is 5.69 Å². The number of aryl methyl sites for hydroxylation is 1. The zero-order valence-corrected chi connectivity index (χ0v) is 12.2. The number of anilines is 1. The number of nitrogen functional groups attached to an aromatic ring is 1. The fraction of sp³-hybridized carbons (Fsp3) is 0.571. The number of ether oxygens (including phenoxy) is 1. The molecule has 2 rings (SSSR count). The van der Waals surface area contributed by atoms with E-state index in [2.05, 4.69) is 0 Å². The summed E-state index contributed by atoms with van der Waals surface area (Å²) in [5.41, 5.74) is 7.60. The van der Waals surface area contributed by atoms with Crippen molar-refractivity contribution in [3.05, 3.63) is 23.8 Å². The molecule has 1 aliphatic rings. The van der Waals surface area contributed by atoms with Gasteiger partial charge in [0.15, 0.2) is 0 Å². The second-order valence-electron chi connectivity index (χ2n) is 5.34. The largest absolute Gasteiger partial charge is 0.488 e. The van der Waals surface area contributed by atoms with Crippen molar-refractivity contribution in [3.8, 4) is 5.75 Å². The fourth-order valence-corrected chi connectivity index (χ4v) is 3.69. The van der Waals surface area contributed by atoms with E-state index in [1.165, 1.54) is 6.26 Å². The van der Waals surface area contributed by atoms with Gasteiger partial charge in [-0.05, 0) is 37.8 Å². The third-order valence-corrected chi connectivity index (χ3v) is 5.40. The van der Waals surface area contributed by atoms with Crippen molar-refractivity contribution in [1.29, 1.82) is 0 Å². The molecule has 19 heavy (non-hydrogen) atoms. The highest BCUT2D eigenvalue weighted by atomic mass is 32.2. The monoisotopic (exact) mass is 283 g/mol. The van der Waals surface area contributed by atoms with Crippen LogP contribution in [-0.4, -0.2) is 26.0 Å². The van der Waals surface area contributed by atoms with Crippen LogP contribution in [0.2, 0.25) is 0 Å². The molecular formula is C14H21NO3S. The molecule has 0 spiro atoms. The van der Waals surface area contributed by atoms with Gasteiger partial charge in [0.2, 0.25) is 0 Å². The van der Waals surface area contributed by atoms with Crippen molar-refractivity contribution in [3.63, 3.8) is 0 Å². The Hall–Kier alpha value is -1.23. The molecule has 2 atom stereocenters. The van der Waals surface area contributed by atoms with Crippen LogP contribution in [0.5, 0.6) is 5.75 Å². The Kier molecular flexibility index (Phi) is 4.04. The molecule has 1 saturated carbocycles. The van der Waals surface area contributed by atoms with Crippen LogP contribution in [0, 0.1) is 6.92 Å². The molecule has 4 nitrogen and oxygen atoms in total. The van der Waals surface area contributed by atoms with Gasteiger partial charge in [-0.3, -0.25) is 0 Å². The van der Waals surface area contributed by atoms with Gasteiger partial charge in [0.25, 0.3) is 0 Å². The van der Waals surface area contributed by atoms with E-state index in [0.717, 1.165) is 24.8 Å². The Morgan fingerprint density at radius 1 is 1.32 bits per heavy atom. The van der Waals surface area contributed by atoms with E-state index in [1.54, 1.807) is 0 Å². The smallest absolute Gasteiger partial charge is 0.150 e. The zero-order valence-electron chi connectivity index (χ0n) is 11.4. The van der Waals surface area contributed by atoms with Gasteiger partial charge in [-0.2, -0.15) is 0 Å². The predicted octanol–water partition coefficient (Wildman–Crippen LogP) is 2.31. The number of benzene rings is 1. The van der Waals surface area contributed by atoms with Gasteiger partial charge in [-0.25, -0.2) is 8.42 Å². The lowest BCUT2D eigenvalue weighted by Gasteiger charge is -2.29. The van der Waals surface area contributed by atoms with Crippen LogP contribution in [0.3, 0.4) is 0 Å². The molecule has 1 aliphatic carbocycles. The predicted molar refractivity (Wildman–Crippen MR) is 77.1 cm³/mol. The highest BCUT2D eigenvalue weighted by molar-refractivity contribution is 7.91. The van der Waals surface area contributed by atoms with Crippen LogP contribution in [0.15, 0.2) is 18.2 Å². The summed E-state index contributed by atoms with van der Waals surface area (Å²) in [4.78, 5) is 0. The number of hydrogen-bond acceptors (Lipinski definition) is 4. The number of para-hydroxylation sites is 1. The third kappa shape index (κ3) is 3.41. The van der Waals surface area contributed by atoms with Crippen molar-refractivity contribution in [2.45, 2.75) is 44.0 Å². The van der Waals surface area contributed by atoms with Gasteiger partial charge >= 0.3 is 0 Å². The Bertz CT molecular complexity index is 554. The molecule has 2 unspecified atom stereocenters. The molecular weight excluding hydrogens is 262 g/mol. The summed E-state index contributed by atoms with van der Waals surface area (Å²) in [6, 6.07) is 5.67. The first-order valence-electron chi connectivity index (χ1n) is 6.58. The van der Waals surface area contributed by atoms with Gasteiger partial charge in [-0.1, -0.05) is 12.1 Å². The number of rotatable bonds is 3. The van der Waals surface area contributed by atoms with E-state index in [4.69, 9.17) is 10.5 Å². The fourth-order valence-electron chi connectivity index (χ4n) is 2.53. The topological polar surface area (TPSA) is 69.4 Å². The standard InChI is InChI=1S/C14H21NO3S/c1-10-5-3-8-13(14(10)15)18-11-6-4-7-12(9-11)19(2,16)17/h3,5,8,11-12H,4,6-7,9,15H2,1-2H3. The maximum absolute atomic E-state index is 11.6. The van der Waals surface area contributed by atoms with Gasteiger partial charge in [0.05, 0.1) is 10.9 Å². The first-order chi connectivity index (χ1) is 8.88. The molecule has 1 fully saturated rings. The normalized spacial score (nSPS) is 24.1.